The predicted molar refractivity (Wildman–Crippen MR) is 123 cm³/mol. The van der Waals surface area contributed by atoms with Gasteiger partial charge in [-0.3, -0.25) is 4.79 Å². The first-order chi connectivity index (χ1) is 15.9. The maximum Gasteiger partial charge on any atom is 0.252 e. The highest BCUT2D eigenvalue weighted by Crippen LogP contribution is 2.37. The van der Waals surface area contributed by atoms with Gasteiger partial charge in [0.15, 0.2) is 0 Å². The van der Waals surface area contributed by atoms with Crippen molar-refractivity contribution in [3.8, 4) is 11.4 Å². The number of aromatic nitrogens is 3. The number of hydrogen-bond acceptors (Lipinski definition) is 8. The van der Waals surface area contributed by atoms with E-state index in [9.17, 15) is 13.2 Å². The summed E-state index contributed by atoms with van der Waals surface area (Å²) in [5, 5.41) is 8.60. The van der Waals surface area contributed by atoms with E-state index in [-0.39, 0.29) is 16.0 Å². The third-order valence-corrected chi connectivity index (χ3v) is 9.63. The number of carbonyl (C=O) groups excluding carboxylic acids is 1. The van der Waals surface area contributed by atoms with Crippen molar-refractivity contribution in [3.63, 3.8) is 0 Å². The van der Waals surface area contributed by atoms with Gasteiger partial charge in [-0.15, -0.1) is 11.3 Å². The number of nitrogens with zero attached hydrogens (tertiary/aromatic N) is 4. The molecule has 174 valence electrons. The van der Waals surface area contributed by atoms with Gasteiger partial charge in [0.05, 0.1) is 0 Å². The molecule has 1 aliphatic carbocycles. The molecule has 1 saturated heterocycles. The third kappa shape index (κ3) is 4.57. The Balaban J connectivity index is 1.21. The molecule has 0 aromatic carbocycles. The molecule has 5 rings (SSSR count). The van der Waals surface area contributed by atoms with Gasteiger partial charge in [0.25, 0.3) is 10.0 Å². The van der Waals surface area contributed by atoms with Crippen LogP contribution in [0.4, 0.5) is 5.82 Å². The van der Waals surface area contributed by atoms with E-state index in [1.165, 1.54) is 10.7 Å². The number of carbonyl (C=O) groups is 1. The molecule has 0 atom stereocenters. The fraction of sp³-hybridized carbons (Fsp3) is 0.455. The van der Waals surface area contributed by atoms with E-state index in [4.69, 9.17) is 4.52 Å². The Hall–Kier alpha value is -2.63. The number of aryl methyl sites for hydroxylation is 1. The number of sulfonamides is 1. The average molecular weight is 488 g/mol. The van der Waals surface area contributed by atoms with Crippen molar-refractivity contribution in [1.82, 2.24) is 19.4 Å². The third-order valence-electron chi connectivity index (χ3n) is 6.31. The second kappa shape index (κ2) is 8.96. The van der Waals surface area contributed by atoms with Crippen LogP contribution in [-0.2, 0) is 14.8 Å². The number of thiophene rings is 1. The Bertz CT molecular complexity index is 1240. The normalized spacial score (nSPS) is 18.2. The van der Waals surface area contributed by atoms with Crippen molar-refractivity contribution < 1.29 is 17.7 Å². The first kappa shape index (κ1) is 22.2. The minimum atomic E-state index is -3.64. The number of amides is 1. The number of anilines is 1. The number of hydrogen-bond donors (Lipinski definition) is 1. The van der Waals surface area contributed by atoms with Gasteiger partial charge in [-0.2, -0.15) is 9.29 Å². The molecular weight excluding hydrogens is 462 g/mol. The molecule has 1 aliphatic heterocycles. The van der Waals surface area contributed by atoms with Crippen LogP contribution in [0.15, 0.2) is 38.5 Å². The zero-order valence-corrected chi connectivity index (χ0v) is 19.9. The summed E-state index contributed by atoms with van der Waals surface area (Å²) in [5.74, 6) is 1.52. The van der Waals surface area contributed by atoms with Crippen molar-refractivity contribution in [2.24, 2.45) is 5.92 Å². The van der Waals surface area contributed by atoms with Crippen LogP contribution in [0.25, 0.3) is 11.4 Å². The SMILES string of the molecule is Cc1ccc(NC(=O)C2CCN(S(=O)(=O)c3cc(-c4noc(C5CCC5)n4)cs3)CC2)nc1. The summed E-state index contributed by atoms with van der Waals surface area (Å²) in [6, 6.07) is 5.26. The molecule has 3 aromatic rings. The van der Waals surface area contributed by atoms with Gasteiger partial charge in [0.2, 0.25) is 17.6 Å². The minimum absolute atomic E-state index is 0.124. The summed E-state index contributed by atoms with van der Waals surface area (Å²) < 4.78 is 33.4. The lowest BCUT2D eigenvalue weighted by Gasteiger charge is -2.30. The molecule has 0 unspecified atom stereocenters. The quantitative estimate of drug-likeness (QED) is 0.562. The van der Waals surface area contributed by atoms with Crippen LogP contribution in [0, 0.1) is 12.8 Å². The molecule has 2 fully saturated rings. The zero-order chi connectivity index (χ0) is 23.0. The summed E-state index contributed by atoms with van der Waals surface area (Å²) in [4.78, 5) is 21.2. The number of pyridine rings is 1. The largest absolute Gasteiger partial charge is 0.339 e. The predicted octanol–water partition coefficient (Wildman–Crippen LogP) is 3.81. The first-order valence-corrected chi connectivity index (χ1v) is 13.4. The standard InChI is InChI=1S/C22H25N5O4S2/c1-14-5-6-18(23-12-14)24-21(28)15-7-9-27(10-8-15)33(29,30)19-11-17(13-32-19)20-25-22(31-26-20)16-3-2-4-16/h5-6,11-13,15-16H,2-4,7-10H2,1H3,(H,23,24,28). The molecule has 33 heavy (non-hydrogen) atoms. The van der Waals surface area contributed by atoms with E-state index in [0.717, 1.165) is 29.7 Å². The number of piperidine rings is 1. The molecule has 1 N–H and O–H groups in total. The van der Waals surface area contributed by atoms with Gasteiger partial charge in [-0.25, -0.2) is 13.4 Å². The lowest BCUT2D eigenvalue weighted by molar-refractivity contribution is -0.120. The minimum Gasteiger partial charge on any atom is -0.339 e. The molecule has 0 radical (unpaired) electrons. The van der Waals surface area contributed by atoms with Gasteiger partial charge < -0.3 is 9.84 Å². The molecule has 3 aromatic heterocycles. The van der Waals surface area contributed by atoms with Crippen LogP contribution in [0.1, 0.15) is 49.5 Å². The number of nitrogens with one attached hydrogen (secondary N) is 1. The monoisotopic (exact) mass is 487 g/mol. The van der Waals surface area contributed by atoms with Gasteiger partial charge in [-0.1, -0.05) is 17.6 Å². The van der Waals surface area contributed by atoms with Crippen molar-refractivity contribution >= 4 is 33.1 Å². The van der Waals surface area contributed by atoms with E-state index in [1.54, 1.807) is 23.7 Å². The Morgan fingerprint density at radius 2 is 2.00 bits per heavy atom. The molecule has 0 bridgehead atoms. The highest BCUT2D eigenvalue weighted by Gasteiger charge is 2.33. The lowest BCUT2D eigenvalue weighted by atomic mass is 9.85. The van der Waals surface area contributed by atoms with Crippen LogP contribution < -0.4 is 5.32 Å². The van der Waals surface area contributed by atoms with Crippen molar-refractivity contribution in [2.45, 2.75) is 49.2 Å². The second-order valence-corrected chi connectivity index (χ2v) is 11.7. The van der Waals surface area contributed by atoms with E-state index >= 15 is 0 Å². The van der Waals surface area contributed by atoms with E-state index in [2.05, 4.69) is 20.4 Å². The van der Waals surface area contributed by atoms with Crippen LogP contribution in [-0.4, -0.2) is 46.8 Å². The van der Waals surface area contributed by atoms with Crippen molar-refractivity contribution in [3.05, 3.63) is 41.2 Å². The maximum absolute atomic E-state index is 13.2. The summed E-state index contributed by atoms with van der Waals surface area (Å²) in [7, 11) is -3.64. The molecule has 4 heterocycles. The highest BCUT2D eigenvalue weighted by atomic mass is 32.2. The summed E-state index contributed by atoms with van der Waals surface area (Å²) in [5.41, 5.74) is 1.66. The lowest BCUT2D eigenvalue weighted by Crippen LogP contribution is -2.41. The molecule has 9 nitrogen and oxygen atoms in total. The average Bonchev–Trinajstić information content (AvgIpc) is 3.44. The molecule has 11 heteroatoms. The summed E-state index contributed by atoms with van der Waals surface area (Å²) in [6.45, 7) is 2.52. The Morgan fingerprint density at radius 1 is 1.21 bits per heavy atom. The number of rotatable bonds is 6. The maximum atomic E-state index is 13.2. The second-order valence-electron chi connectivity index (χ2n) is 8.63. The smallest absolute Gasteiger partial charge is 0.252 e. The Morgan fingerprint density at radius 3 is 2.67 bits per heavy atom. The van der Waals surface area contributed by atoms with Crippen LogP contribution >= 0.6 is 11.3 Å². The van der Waals surface area contributed by atoms with E-state index < -0.39 is 10.0 Å². The summed E-state index contributed by atoms with van der Waals surface area (Å²) in [6.07, 6.45) is 5.91. The summed E-state index contributed by atoms with van der Waals surface area (Å²) >= 11 is 1.15. The van der Waals surface area contributed by atoms with Crippen molar-refractivity contribution in [2.75, 3.05) is 18.4 Å². The molecular formula is C22H25N5O4S2. The fourth-order valence-electron chi connectivity index (χ4n) is 4.00. The van der Waals surface area contributed by atoms with Crippen LogP contribution in [0.5, 0.6) is 0 Å². The van der Waals surface area contributed by atoms with Crippen molar-refractivity contribution in [1.29, 1.82) is 0 Å². The van der Waals surface area contributed by atoms with Crippen LogP contribution in [0.2, 0.25) is 0 Å². The van der Waals surface area contributed by atoms with Gasteiger partial charge in [0.1, 0.15) is 10.0 Å². The van der Waals surface area contributed by atoms with E-state index in [1.807, 2.05) is 13.0 Å². The van der Waals surface area contributed by atoms with Gasteiger partial charge >= 0.3 is 0 Å². The Kier molecular flexibility index (Phi) is 6.02. The first-order valence-electron chi connectivity index (χ1n) is 11.1. The molecule has 1 amide bonds. The van der Waals surface area contributed by atoms with E-state index in [0.29, 0.717) is 54.9 Å². The highest BCUT2D eigenvalue weighted by molar-refractivity contribution is 7.91. The molecule has 1 saturated carbocycles. The van der Waals surface area contributed by atoms with Crippen LogP contribution in [0.3, 0.4) is 0 Å². The van der Waals surface area contributed by atoms with Gasteiger partial charge in [-0.05, 0) is 50.3 Å². The fourth-order valence-corrected chi connectivity index (χ4v) is 6.78. The Labute approximate surface area is 196 Å². The molecule has 2 aliphatic rings. The zero-order valence-electron chi connectivity index (χ0n) is 18.2. The van der Waals surface area contributed by atoms with Gasteiger partial charge in [0, 0.05) is 42.1 Å². The topological polar surface area (TPSA) is 118 Å². The molecule has 0 spiro atoms.